The van der Waals surface area contributed by atoms with Crippen molar-refractivity contribution in [3.8, 4) is 0 Å². The Bertz CT molecular complexity index is 2400. The summed E-state index contributed by atoms with van der Waals surface area (Å²) in [7, 11) is 1.99. The largest absolute Gasteiger partial charge is 0.481 e. The molecule has 0 spiro atoms. The van der Waals surface area contributed by atoms with E-state index in [0.29, 0.717) is 32.1 Å². The average Bonchev–Trinajstić information content (AvgIpc) is 3.37. The number of fused-ring (bicyclic) bond motifs is 7. The van der Waals surface area contributed by atoms with Crippen LogP contribution in [0.4, 0.5) is 0 Å². The molecule has 2 amide bonds. The Morgan fingerprint density at radius 1 is 0.654 bits per heavy atom. The van der Waals surface area contributed by atoms with Crippen molar-refractivity contribution in [2.45, 2.75) is 212 Å². The van der Waals surface area contributed by atoms with Gasteiger partial charge in [-0.05, 0) is 123 Å². The summed E-state index contributed by atoms with van der Waals surface area (Å²) in [4.78, 5) is 103. The van der Waals surface area contributed by atoms with Gasteiger partial charge in [-0.3, -0.25) is 28.8 Å². The highest BCUT2D eigenvalue weighted by Crippen LogP contribution is 2.75. The second kappa shape index (κ2) is 22.4. The van der Waals surface area contributed by atoms with Gasteiger partial charge in [0, 0.05) is 18.8 Å². The van der Waals surface area contributed by atoms with E-state index in [1.165, 1.54) is 0 Å². The number of hydrogen-bond donors (Lipinski definition) is 10. The molecule has 0 aromatic heterocycles. The van der Waals surface area contributed by atoms with E-state index >= 15 is 4.79 Å². The van der Waals surface area contributed by atoms with Gasteiger partial charge in [0.2, 0.25) is 0 Å². The van der Waals surface area contributed by atoms with Gasteiger partial charge in [0.15, 0.2) is 30.6 Å². The van der Waals surface area contributed by atoms with Gasteiger partial charge in [-0.15, -0.1) is 0 Å². The van der Waals surface area contributed by atoms with Crippen LogP contribution < -0.4 is 10.6 Å². The smallest absolute Gasteiger partial charge is 0.328 e. The fourth-order valence-electron chi connectivity index (χ4n) is 15.2. The number of aliphatic carboxylic acids is 3. The summed E-state index contributed by atoms with van der Waals surface area (Å²) in [6.07, 6.45) is -16.9. The molecule has 2 aliphatic heterocycles. The number of hydrogen-bond acceptors (Lipinski definition) is 19. The van der Waals surface area contributed by atoms with Crippen molar-refractivity contribution in [2.75, 3.05) is 14.2 Å². The van der Waals surface area contributed by atoms with Crippen LogP contribution in [0.15, 0.2) is 11.6 Å². The van der Waals surface area contributed by atoms with E-state index in [-0.39, 0.29) is 29.5 Å². The van der Waals surface area contributed by atoms with Gasteiger partial charge < -0.3 is 79.9 Å². The minimum atomic E-state index is -2.22. The van der Waals surface area contributed by atoms with Crippen LogP contribution in [-0.4, -0.2) is 182 Å². The minimum Gasteiger partial charge on any atom is -0.481 e. The molecule has 0 radical (unpaired) electrons. The van der Waals surface area contributed by atoms with Crippen LogP contribution in [-0.2, 0) is 66.8 Å². The number of carboxylic acid groups (broad SMARTS) is 3. The number of aliphatic hydroxyl groups is 5. The Hall–Kier alpha value is -4.66. The van der Waals surface area contributed by atoms with E-state index < -0.39 is 180 Å². The molecular formula is C54H80N2O22. The van der Waals surface area contributed by atoms with Crippen LogP contribution in [0.1, 0.15) is 132 Å². The lowest BCUT2D eigenvalue weighted by Gasteiger charge is -2.70. The zero-order valence-electron chi connectivity index (χ0n) is 45.8. The van der Waals surface area contributed by atoms with Gasteiger partial charge in [-0.2, -0.15) is 0 Å². The third kappa shape index (κ3) is 10.7. The van der Waals surface area contributed by atoms with Crippen molar-refractivity contribution < 1.29 is 108 Å². The fourth-order valence-corrected chi connectivity index (χ4v) is 15.2. The normalized spacial score (nSPS) is 42.6. The van der Waals surface area contributed by atoms with Crippen molar-refractivity contribution in [1.29, 1.82) is 0 Å². The first-order valence-electron chi connectivity index (χ1n) is 27.0. The Morgan fingerprint density at radius 3 is 1.71 bits per heavy atom. The van der Waals surface area contributed by atoms with Gasteiger partial charge in [0.1, 0.15) is 48.7 Å². The topological polar surface area (TPSA) is 378 Å². The SMILES string of the molecule is COC(=O)C(CCC(=O)O)NC(=O)C1O[C@@H](OC2C(O)[C@H](O)C(C(=O)NC(CCC(=O)O)C(=O)OC)O[C@H]2O[C@H]2CC[C@@]3(C)C(CC[C@]4(C)C3C(=O)C=C3C5C[C@@](C)(C(=O)O)CC[C@]5(C)CC[C@]34C)C2(C)C)C(O)C(O)[C@@H]1O. The molecule has 0 aromatic rings. The van der Waals surface area contributed by atoms with Gasteiger partial charge in [0.05, 0.1) is 25.7 Å². The van der Waals surface area contributed by atoms with E-state index in [2.05, 4.69) is 43.1 Å². The van der Waals surface area contributed by atoms with Crippen molar-refractivity contribution in [2.24, 2.45) is 50.2 Å². The number of aliphatic hydroxyl groups excluding tert-OH is 5. The summed E-state index contributed by atoms with van der Waals surface area (Å²) in [6.45, 7) is 14.6. The second-order valence-electron chi connectivity index (χ2n) is 25.0. The van der Waals surface area contributed by atoms with Crippen LogP contribution in [0.2, 0.25) is 0 Å². The first-order valence-corrected chi connectivity index (χ1v) is 27.0. The van der Waals surface area contributed by atoms with Crippen molar-refractivity contribution in [3.05, 3.63) is 11.6 Å². The van der Waals surface area contributed by atoms with E-state index in [9.17, 15) is 74.4 Å². The third-order valence-corrected chi connectivity index (χ3v) is 20.1. The van der Waals surface area contributed by atoms with Gasteiger partial charge in [-0.25, -0.2) is 9.59 Å². The van der Waals surface area contributed by atoms with E-state index in [1.807, 2.05) is 19.9 Å². The van der Waals surface area contributed by atoms with Gasteiger partial charge in [-0.1, -0.05) is 47.1 Å². The van der Waals surface area contributed by atoms with Crippen LogP contribution in [0.3, 0.4) is 0 Å². The molecule has 2 heterocycles. The lowest BCUT2D eigenvalue weighted by molar-refractivity contribution is -0.369. The molecule has 7 rings (SSSR count). The Kier molecular flexibility index (Phi) is 17.5. The first kappa shape index (κ1) is 61.0. The first-order chi connectivity index (χ1) is 36.2. The van der Waals surface area contributed by atoms with Gasteiger partial charge >= 0.3 is 29.8 Å². The Morgan fingerprint density at radius 2 is 1.18 bits per heavy atom. The summed E-state index contributed by atoms with van der Waals surface area (Å²) in [5, 5.41) is 90.4. The van der Waals surface area contributed by atoms with Crippen LogP contribution in [0, 0.1) is 50.2 Å². The maximum Gasteiger partial charge on any atom is 0.328 e. The van der Waals surface area contributed by atoms with Crippen LogP contribution in [0.5, 0.6) is 0 Å². The lowest BCUT2D eigenvalue weighted by atomic mass is 9.33. The number of methoxy groups -OCH3 is 2. The third-order valence-electron chi connectivity index (χ3n) is 20.1. The second-order valence-corrected chi connectivity index (χ2v) is 25.0. The number of nitrogens with one attached hydrogen (secondary N) is 2. The molecule has 11 unspecified atom stereocenters. The Labute approximate surface area is 452 Å². The summed E-state index contributed by atoms with van der Waals surface area (Å²) in [5.41, 5.74) is -2.46. The predicted molar refractivity (Wildman–Crippen MR) is 266 cm³/mol. The summed E-state index contributed by atoms with van der Waals surface area (Å²) >= 11 is 0. The zero-order chi connectivity index (χ0) is 58.0. The minimum absolute atomic E-state index is 0.00532. The molecule has 0 aromatic carbocycles. The fraction of sp³-hybridized carbons (Fsp3) is 0.815. The molecule has 24 nitrogen and oxygen atoms in total. The molecule has 10 N–H and O–H groups in total. The number of rotatable bonds is 17. The molecule has 5 aliphatic carbocycles. The van der Waals surface area contributed by atoms with Crippen LogP contribution in [0.25, 0.3) is 0 Å². The number of ketones is 1. The highest BCUT2D eigenvalue weighted by Gasteiger charge is 2.71. The van der Waals surface area contributed by atoms with Crippen molar-refractivity contribution >= 4 is 47.4 Å². The monoisotopic (exact) mass is 1110 g/mol. The van der Waals surface area contributed by atoms with Crippen LogP contribution >= 0.6 is 0 Å². The predicted octanol–water partition coefficient (Wildman–Crippen LogP) is 1.12. The van der Waals surface area contributed by atoms with Gasteiger partial charge in [0.25, 0.3) is 11.8 Å². The highest BCUT2D eigenvalue weighted by molar-refractivity contribution is 5.96. The number of carboxylic acids is 3. The molecule has 78 heavy (non-hydrogen) atoms. The van der Waals surface area contributed by atoms with E-state index in [4.69, 9.17) is 23.7 Å². The summed E-state index contributed by atoms with van der Waals surface area (Å²) in [6, 6.07) is -3.13. The highest BCUT2D eigenvalue weighted by atomic mass is 16.8. The molecule has 438 valence electrons. The van der Waals surface area contributed by atoms with Crippen molar-refractivity contribution in [3.63, 3.8) is 0 Å². The van der Waals surface area contributed by atoms with E-state index in [0.717, 1.165) is 39.1 Å². The zero-order valence-corrected chi connectivity index (χ0v) is 45.8. The molecule has 6 fully saturated rings. The number of carbonyl (C=O) groups excluding carboxylic acids is 5. The molecule has 7 aliphatic rings. The maximum atomic E-state index is 15.1. The standard InChI is InChI=1S/C54H80N2O22/c1-49(2)29-14-17-54(7)41(28(57)22-24-25-23-51(4,48(71)72)19-18-50(25,3)20-21-53(24,54)6)52(29,5)16-15-30(49)75-47-40(36(65)35(64)39(77-47)43(68)56-27(45(70)74-9)11-13-32(60)61)78-46-37(66)33(62)34(63)38(76-46)42(67)55-26(44(69)73-8)10-12-31(58)59/h22,25-27,29-30,33-41,46-47,62-66H,10-21,23H2,1-9H3,(H,55,67)(H,56,68)(H,58,59)(H,60,61)(H,71,72)/t25?,26?,27?,29?,30-,33?,34-,35-,36?,37?,38?,39?,40?,41?,46-,47+,50+,51-,52-,53+,54+/m0/s1. The maximum absolute atomic E-state index is 15.1. The van der Waals surface area contributed by atoms with E-state index in [1.54, 1.807) is 6.92 Å². The Balaban J connectivity index is 1.19. The molecule has 24 heteroatoms. The molecule has 2 saturated heterocycles. The number of esters is 2. The quantitative estimate of drug-likeness (QED) is 0.0720. The summed E-state index contributed by atoms with van der Waals surface area (Å²) in [5.74, 6) is -8.80. The lowest BCUT2D eigenvalue weighted by Crippen LogP contribution is -2.69. The average molecular weight is 1110 g/mol. The van der Waals surface area contributed by atoms with Crippen molar-refractivity contribution in [1.82, 2.24) is 10.6 Å². The molecular weight excluding hydrogens is 1030 g/mol. The molecule has 21 atom stereocenters. The number of carbonyl (C=O) groups is 8. The summed E-state index contributed by atoms with van der Waals surface area (Å²) < 4.78 is 34.2. The number of allylic oxidation sites excluding steroid dienone is 2. The number of amides is 2. The number of ether oxygens (including phenoxy) is 6. The molecule has 4 saturated carbocycles. The molecule has 0 bridgehead atoms.